The number of alkyl halides is 6. The molecule has 0 N–H and O–H groups in total. The summed E-state index contributed by atoms with van der Waals surface area (Å²) in [6, 6.07) is 8.96. The monoisotopic (exact) mass is 438 g/mol. The summed E-state index contributed by atoms with van der Waals surface area (Å²) in [5.74, 6) is -1.55. The summed E-state index contributed by atoms with van der Waals surface area (Å²) in [7, 11) is 0. The Bertz CT molecular complexity index is 1030. The summed E-state index contributed by atoms with van der Waals surface area (Å²) in [6.07, 6.45) is -5.62. The summed E-state index contributed by atoms with van der Waals surface area (Å²) >= 11 is 0. The van der Waals surface area contributed by atoms with E-state index in [1.165, 1.54) is 12.4 Å². The zero-order valence-corrected chi connectivity index (χ0v) is 15.9. The average molecular weight is 438 g/mol. The molecule has 0 bridgehead atoms. The maximum atomic E-state index is 13.5. The lowest BCUT2D eigenvalue weighted by Gasteiger charge is -2.21. The van der Waals surface area contributed by atoms with Crippen molar-refractivity contribution < 1.29 is 31.1 Å². The molecule has 3 rings (SSSR count). The van der Waals surface area contributed by atoms with Crippen LogP contribution in [-0.4, -0.2) is 15.8 Å². The van der Waals surface area contributed by atoms with Crippen molar-refractivity contribution in [3.05, 3.63) is 95.1 Å². The Morgan fingerprint density at radius 3 is 2.13 bits per heavy atom. The number of hydrogen-bond donors (Lipinski definition) is 0. The topological polar surface area (TPSA) is 42.9 Å². The highest BCUT2D eigenvalue weighted by Crippen LogP contribution is 2.39. The number of pyridine rings is 2. The Balaban J connectivity index is 2.00. The molecule has 0 saturated heterocycles. The van der Waals surface area contributed by atoms with Crippen LogP contribution < -0.4 is 0 Å². The Morgan fingerprint density at radius 2 is 1.55 bits per heavy atom. The number of aromatic nitrogens is 2. The minimum Gasteiger partial charge on any atom is -0.299 e. The Labute approximate surface area is 173 Å². The molecule has 1 atom stereocenters. The minimum atomic E-state index is -4.74. The van der Waals surface area contributed by atoms with Gasteiger partial charge in [-0.15, -0.1) is 0 Å². The fourth-order valence-corrected chi connectivity index (χ4v) is 3.24. The number of carbonyl (C=O) groups excluding carboxylic acids is 1. The number of benzene rings is 1. The van der Waals surface area contributed by atoms with E-state index in [0.717, 1.165) is 42.6 Å². The van der Waals surface area contributed by atoms with E-state index in [9.17, 15) is 31.1 Å². The van der Waals surface area contributed by atoms with E-state index < -0.39 is 40.9 Å². The number of nitrogens with zero attached hydrogens (tertiary/aromatic N) is 2. The molecule has 3 aromatic rings. The van der Waals surface area contributed by atoms with Gasteiger partial charge in [0.1, 0.15) is 5.78 Å². The minimum absolute atomic E-state index is 0.0703. The highest BCUT2D eigenvalue weighted by atomic mass is 19.4. The maximum absolute atomic E-state index is 13.5. The fraction of sp³-hybridized carbons (Fsp3) is 0.227. The van der Waals surface area contributed by atoms with E-state index in [-0.39, 0.29) is 18.4 Å². The second-order valence-corrected chi connectivity index (χ2v) is 6.89. The lowest BCUT2D eigenvalue weighted by atomic mass is 9.86. The third-order valence-electron chi connectivity index (χ3n) is 4.67. The molecule has 0 radical (unpaired) electrons. The third-order valence-corrected chi connectivity index (χ3v) is 4.67. The van der Waals surface area contributed by atoms with E-state index >= 15 is 0 Å². The molecule has 0 aliphatic carbocycles. The molecule has 0 aliphatic heterocycles. The van der Waals surface area contributed by atoms with Crippen LogP contribution >= 0.6 is 0 Å². The molecular weight excluding hydrogens is 422 g/mol. The quantitative estimate of drug-likeness (QED) is 0.454. The predicted molar refractivity (Wildman–Crippen MR) is 100 cm³/mol. The maximum Gasteiger partial charge on any atom is 0.418 e. The van der Waals surface area contributed by atoms with E-state index in [2.05, 4.69) is 9.97 Å². The first-order chi connectivity index (χ1) is 14.6. The molecule has 2 aromatic heterocycles. The predicted octanol–water partition coefficient (Wildman–Crippen LogP) is 5.85. The Hall–Kier alpha value is -3.23. The molecule has 0 aliphatic rings. The molecular formula is C22H16F6N2O. The number of hydrogen-bond acceptors (Lipinski definition) is 3. The van der Waals surface area contributed by atoms with Crippen LogP contribution in [0.3, 0.4) is 0 Å². The molecule has 0 saturated carbocycles. The highest BCUT2D eigenvalue weighted by molar-refractivity contribution is 5.82. The van der Waals surface area contributed by atoms with Gasteiger partial charge in [0.25, 0.3) is 0 Å². The first kappa shape index (κ1) is 22.5. The number of halogens is 6. The molecule has 0 amide bonds. The fourth-order valence-electron chi connectivity index (χ4n) is 3.24. The van der Waals surface area contributed by atoms with Crippen LogP contribution in [0.25, 0.3) is 0 Å². The van der Waals surface area contributed by atoms with Gasteiger partial charge in [0.15, 0.2) is 0 Å². The summed E-state index contributed by atoms with van der Waals surface area (Å²) in [5, 5.41) is 0. The van der Waals surface area contributed by atoms with E-state index in [0.29, 0.717) is 5.56 Å². The smallest absolute Gasteiger partial charge is 0.299 e. The van der Waals surface area contributed by atoms with Crippen LogP contribution in [0.5, 0.6) is 0 Å². The molecule has 31 heavy (non-hydrogen) atoms. The number of ketones is 1. The van der Waals surface area contributed by atoms with Gasteiger partial charge in [-0.1, -0.05) is 18.2 Å². The molecule has 0 unspecified atom stereocenters. The summed E-state index contributed by atoms with van der Waals surface area (Å²) < 4.78 is 79.3. The standard InChI is InChI=1S/C22H16F6N2O/c23-21(24,25)16-7-5-15(6-8-16)18(12-17(31)11-14-3-1-9-29-13-14)20-19(22(26,27)28)4-2-10-30-20/h1-10,13,18H,11-12H2/t18-/m0/s1. The van der Waals surface area contributed by atoms with Crippen LogP contribution in [0, 0.1) is 0 Å². The van der Waals surface area contributed by atoms with Crippen LogP contribution in [-0.2, 0) is 23.6 Å². The van der Waals surface area contributed by atoms with Crippen molar-refractivity contribution in [2.45, 2.75) is 31.1 Å². The van der Waals surface area contributed by atoms with Gasteiger partial charge in [0.2, 0.25) is 0 Å². The third kappa shape index (κ3) is 5.68. The lowest BCUT2D eigenvalue weighted by molar-refractivity contribution is -0.139. The van der Waals surface area contributed by atoms with Crippen LogP contribution in [0.15, 0.2) is 67.1 Å². The molecule has 0 fully saturated rings. The first-order valence-electron chi connectivity index (χ1n) is 9.15. The largest absolute Gasteiger partial charge is 0.418 e. The van der Waals surface area contributed by atoms with Gasteiger partial charge >= 0.3 is 12.4 Å². The second-order valence-electron chi connectivity index (χ2n) is 6.89. The molecule has 2 heterocycles. The molecule has 0 spiro atoms. The van der Waals surface area contributed by atoms with Gasteiger partial charge in [0.05, 0.1) is 16.8 Å². The molecule has 9 heteroatoms. The summed E-state index contributed by atoms with van der Waals surface area (Å²) in [4.78, 5) is 20.4. The van der Waals surface area contributed by atoms with Crippen molar-refractivity contribution in [3.63, 3.8) is 0 Å². The number of rotatable bonds is 6. The van der Waals surface area contributed by atoms with Crippen molar-refractivity contribution in [1.29, 1.82) is 0 Å². The van der Waals surface area contributed by atoms with Gasteiger partial charge in [-0.25, -0.2) is 0 Å². The first-order valence-corrected chi connectivity index (χ1v) is 9.15. The lowest BCUT2D eigenvalue weighted by Crippen LogP contribution is -2.18. The number of carbonyl (C=O) groups is 1. The van der Waals surface area contributed by atoms with Gasteiger partial charge < -0.3 is 0 Å². The molecule has 1 aromatic carbocycles. The van der Waals surface area contributed by atoms with E-state index in [1.54, 1.807) is 12.1 Å². The van der Waals surface area contributed by atoms with Gasteiger partial charge in [0, 0.05) is 37.4 Å². The number of Topliss-reactive ketones (excluding diaryl/α,β-unsaturated/α-hetero) is 1. The van der Waals surface area contributed by atoms with Crippen LogP contribution in [0.2, 0.25) is 0 Å². The average Bonchev–Trinajstić information content (AvgIpc) is 2.72. The highest BCUT2D eigenvalue weighted by Gasteiger charge is 2.37. The van der Waals surface area contributed by atoms with Crippen molar-refractivity contribution >= 4 is 5.78 Å². The zero-order chi connectivity index (χ0) is 22.6. The Kier molecular flexibility index (Phi) is 6.42. The van der Waals surface area contributed by atoms with Gasteiger partial charge in [-0.2, -0.15) is 26.3 Å². The van der Waals surface area contributed by atoms with Gasteiger partial charge in [-0.3, -0.25) is 14.8 Å². The van der Waals surface area contributed by atoms with Gasteiger partial charge in [-0.05, 0) is 41.5 Å². The van der Waals surface area contributed by atoms with E-state index in [1.807, 2.05) is 0 Å². The molecule has 3 nitrogen and oxygen atoms in total. The molecule has 162 valence electrons. The SMILES string of the molecule is O=C(Cc1cccnc1)C[C@@H](c1ccc(C(F)(F)F)cc1)c1ncccc1C(F)(F)F. The zero-order valence-electron chi connectivity index (χ0n) is 15.9. The second kappa shape index (κ2) is 8.87. The van der Waals surface area contributed by atoms with Crippen LogP contribution in [0.1, 0.15) is 40.3 Å². The van der Waals surface area contributed by atoms with Crippen molar-refractivity contribution in [1.82, 2.24) is 9.97 Å². The Morgan fingerprint density at radius 1 is 0.871 bits per heavy atom. The van der Waals surface area contributed by atoms with Crippen molar-refractivity contribution in [3.8, 4) is 0 Å². The summed E-state index contributed by atoms with van der Waals surface area (Å²) in [5.41, 5.74) is -1.66. The van der Waals surface area contributed by atoms with Crippen LogP contribution in [0.4, 0.5) is 26.3 Å². The summed E-state index contributed by atoms with van der Waals surface area (Å²) in [6.45, 7) is 0. The van der Waals surface area contributed by atoms with Crippen molar-refractivity contribution in [2.75, 3.05) is 0 Å². The van der Waals surface area contributed by atoms with Crippen molar-refractivity contribution in [2.24, 2.45) is 0 Å². The normalized spacial score (nSPS) is 13.1. The van der Waals surface area contributed by atoms with E-state index in [4.69, 9.17) is 0 Å².